The van der Waals surface area contributed by atoms with Crippen LogP contribution in [0.4, 0.5) is 4.39 Å². The van der Waals surface area contributed by atoms with Crippen molar-refractivity contribution in [2.75, 3.05) is 7.11 Å². The molecular formula is C26H18ClFN2O5. The molecule has 0 saturated carbocycles. The van der Waals surface area contributed by atoms with E-state index < -0.39 is 29.3 Å². The highest BCUT2D eigenvalue weighted by molar-refractivity contribution is 6.31. The minimum absolute atomic E-state index is 0.0186. The number of furan rings is 1. The van der Waals surface area contributed by atoms with Crippen LogP contribution in [-0.2, 0) is 11.3 Å². The number of amides is 1. The lowest BCUT2D eigenvalue weighted by Gasteiger charge is -2.26. The van der Waals surface area contributed by atoms with Crippen LogP contribution in [-0.4, -0.2) is 33.8 Å². The van der Waals surface area contributed by atoms with Gasteiger partial charge in [-0.15, -0.1) is 0 Å². The molecule has 176 valence electrons. The number of aromatic nitrogens is 1. The number of nitrogens with zero attached hydrogens (tertiary/aromatic N) is 2. The van der Waals surface area contributed by atoms with Crippen LogP contribution in [0, 0.1) is 5.82 Å². The van der Waals surface area contributed by atoms with Crippen molar-refractivity contribution in [2.24, 2.45) is 0 Å². The number of hydrogen-bond donors (Lipinski definition) is 1. The maximum absolute atomic E-state index is 13.6. The van der Waals surface area contributed by atoms with Gasteiger partial charge in [0.25, 0.3) is 5.91 Å². The van der Waals surface area contributed by atoms with E-state index in [9.17, 15) is 19.1 Å². The Morgan fingerprint density at radius 3 is 2.66 bits per heavy atom. The number of aliphatic hydroxyl groups excluding tert-OH is 1. The zero-order valence-corrected chi connectivity index (χ0v) is 19.1. The molecule has 1 aliphatic rings. The Hall–Kier alpha value is -4.17. The number of ketones is 1. The van der Waals surface area contributed by atoms with Crippen molar-refractivity contribution >= 4 is 34.3 Å². The molecule has 0 aliphatic carbocycles. The number of Topliss-reactive ketones (excluding diaryl/α,β-unsaturated/α-hetero) is 1. The first-order valence-corrected chi connectivity index (χ1v) is 11.0. The molecule has 0 bridgehead atoms. The fourth-order valence-corrected chi connectivity index (χ4v) is 4.38. The van der Waals surface area contributed by atoms with E-state index in [1.807, 2.05) is 0 Å². The number of carbonyl (C=O) groups is 2. The van der Waals surface area contributed by atoms with Gasteiger partial charge in [0.05, 0.1) is 18.4 Å². The Bertz CT molecular complexity index is 1480. The number of rotatable bonds is 6. The van der Waals surface area contributed by atoms with Crippen LogP contribution in [0.15, 0.2) is 82.6 Å². The van der Waals surface area contributed by atoms with Crippen LogP contribution >= 0.6 is 11.6 Å². The summed E-state index contributed by atoms with van der Waals surface area (Å²) in [6.07, 6.45) is 1.53. The Labute approximate surface area is 204 Å². The van der Waals surface area contributed by atoms with Crippen molar-refractivity contribution in [2.45, 2.75) is 12.6 Å². The van der Waals surface area contributed by atoms with Crippen molar-refractivity contribution in [1.29, 1.82) is 0 Å². The highest BCUT2D eigenvalue weighted by atomic mass is 35.5. The number of methoxy groups -OCH3 is 1. The van der Waals surface area contributed by atoms with E-state index >= 15 is 0 Å². The lowest BCUT2D eigenvalue weighted by Crippen LogP contribution is -2.31. The molecule has 35 heavy (non-hydrogen) atoms. The number of ether oxygens (including phenoxy) is 1. The van der Waals surface area contributed by atoms with Crippen LogP contribution in [0.5, 0.6) is 5.75 Å². The van der Waals surface area contributed by atoms with Gasteiger partial charge < -0.3 is 19.2 Å². The lowest BCUT2D eigenvalue weighted by molar-refractivity contribution is -0.130. The second-order valence-electron chi connectivity index (χ2n) is 7.95. The Morgan fingerprint density at radius 1 is 1.20 bits per heavy atom. The Balaban J connectivity index is 1.59. The number of pyridine rings is 1. The summed E-state index contributed by atoms with van der Waals surface area (Å²) in [4.78, 5) is 32.4. The molecule has 1 aliphatic heterocycles. The summed E-state index contributed by atoms with van der Waals surface area (Å²) < 4.78 is 24.5. The molecule has 0 saturated heterocycles. The molecule has 1 amide bonds. The van der Waals surface area contributed by atoms with Crippen LogP contribution in [0.1, 0.15) is 27.9 Å². The summed E-state index contributed by atoms with van der Waals surface area (Å²) in [5.74, 6) is -2.29. The van der Waals surface area contributed by atoms with E-state index in [4.69, 9.17) is 20.8 Å². The average molecular weight is 493 g/mol. The molecule has 2 aromatic carbocycles. The highest BCUT2D eigenvalue weighted by Crippen LogP contribution is 2.40. The molecule has 3 heterocycles. The van der Waals surface area contributed by atoms with E-state index in [1.54, 1.807) is 30.3 Å². The zero-order chi connectivity index (χ0) is 24.7. The van der Waals surface area contributed by atoms with Crippen LogP contribution in [0.3, 0.4) is 0 Å². The molecule has 7 nitrogen and oxygen atoms in total. The molecule has 5 rings (SSSR count). The van der Waals surface area contributed by atoms with E-state index in [0.717, 1.165) is 0 Å². The highest BCUT2D eigenvalue weighted by Gasteiger charge is 2.45. The van der Waals surface area contributed by atoms with Gasteiger partial charge >= 0.3 is 0 Å². The third-order valence-corrected chi connectivity index (χ3v) is 5.99. The zero-order valence-electron chi connectivity index (χ0n) is 18.4. The minimum atomic E-state index is -0.986. The predicted octanol–water partition coefficient (Wildman–Crippen LogP) is 5.41. The first kappa shape index (κ1) is 22.6. The number of benzene rings is 2. The van der Waals surface area contributed by atoms with Crippen LogP contribution in [0.2, 0.25) is 5.02 Å². The SMILES string of the molecule is COc1cc(Cl)cc2cc(C(=O)C3=C(O)C(=O)N(Cc4ccc(F)cc4)C3c3ccccn3)oc12. The van der Waals surface area contributed by atoms with Gasteiger partial charge in [-0.25, -0.2) is 4.39 Å². The van der Waals surface area contributed by atoms with Crippen molar-refractivity contribution in [3.05, 3.63) is 106 Å². The van der Waals surface area contributed by atoms with E-state index in [-0.39, 0.29) is 17.9 Å². The monoisotopic (exact) mass is 492 g/mol. The largest absolute Gasteiger partial charge is 0.503 e. The minimum Gasteiger partial charge on any atom is -0.503 e. The Morgan fingerprint density at radius 2 is 1.97 bits per heavy atom. The van der Waals surface area contributed by atoms with E-state index in [0.29, 0.717) is 33.0 Å². The molecule has 0 spiro atoms. The van der Waals surface area contributed by atoms with Gasteiger partial charge in [0, 0.05) is 29.2 Å². The molecule has 0 radical (unpaired) electrons. The normalized spacial score (nSPS) is 15.8. The van der Waals surface area contributed by atoms with Crippen LogP contribution in [0.25, 0.3) is 11.0 Å². The number of aliphatic hydroxyl groups is 1. The van der Waals surface area contributed by atoms with E-state index in [1.165, 1.54) is 48.5 Å². The number of halogens is 2. The van der Waals surface area contributed by atoms with Gasteiger partial charge in [0.2, 0.25) is 5.78 Å². The third kappa shape index (κ3) is 4.02. The summed E-state index contributed by atoms with van der Waals surface area (Å²) in [5, 5.41) is 11.7. The average Bonchev–Trinajstić information content (AvgIpc) is 3.39. The fourth-order valence-electron chi connectivity index (χ4n) is 4.16. The van der Waals surface area contributed by atoms with Crippen LogP contribution < -0.4 is 4.74 Å². The summed E-state index contributed by atoms with van der Waals surface area (Å²) >= 11 is 6.13. The van der Waals surface area contributed by atoms with Gasteiger partial charge in [-0.1, -0.05) is 29.8 Å². The fraction of sp³-hybridized carbons (Fsp3) is 0.115. The molecule has 2 aromatic heterocycles. The van der Waals surface area contributed by atoms with Gasteiger partial charge in [-0.2, -0.15) is 0 Å². The molecule has 1 unspecified atom stereocenters. The number of carbonyl (C=O) groups excluding carboxylic acids is 2. The van der Waals surface area contributed by atoms with Gasteiger partial charge in [0.1, 0.15) is 11.9 Å². The summed E-state index contributed by atoms with van der Waals surface area (Å²) in [6, 6.07) is 14.4. The topological polar surface area (TPSA) is 92.9 Å². The molecule has 9 heteroatoms. The van der Waals surface area contributed by atoms with Crippen molar-refractivity contribution in [1.82, 2.24) is 9.88 Å². The Kier molecular flexibility index (Phi) is 5.74. The second kappa shape index (κ2) is 8.88. The van der Waals surface area contributed by atoms with E-state index in [2.05, 4.69) is 4.98 Å². The number of hydrogen-bond acceptors (Lipinski definition) is 6. The van der Waals surface area contributed by atoms with Gasteiger partial charge in [-0.05, 0) is 42.0 Å². The lowest BCUT2D eigenvalue weighted by atomic mass is 9.98. The second-order valence-corrected chi connectivity index (χ2v) is 8.38. The van der Waals surface area contributed by atoms with Crippen molar-refractivity contribution in [3.63, 3.8) is 0 Å². The predicted molar refractivity (Wildman–Crippen MR) is 126 cm³/mol. The first-order valence-electron chi connectivity index (χ1n) is 10.6. The molecule has 1 N–H and O–H groups in total. The molecular weight excluding hydrogens is 475 g/mol. The summed E-state index contributed by atoms with van der Waals surface area (Å²) in [5.41, 5.74) is 1.14. The standard InChI is InChI=1S/C26H18ClFN2O5/c1-34-20-12-16(27)10-15-11-19(35-25(15)20)23(31)21-22(18-4-2-3-9-29-18)30(26(33)24(21)32)13-14-5-7-17(28)8-6-14/h2-12,22,32H,13H2,1H3. The molecule has 1 atom stereocenters. The van der Waals surface area contributed by atoms with Crippen molar-refractivity contribution < 1.29 is 28.2 Å². The summed E-state index contributed by atoms with van der Waals surface area (Å²) in [6.45, 7) is 0.0186. The maximum Gasteiger partial charge on any atom is 0.290 e. The smallest absolute Gasteiger partial charge is 0.290 e. The molecule has 0 fully saturated rings. The van der Waals surface area contributed by atoms with Gasteiger partial charge in [0.15, 0.2) is 22.9 Å². The van der Waals surface area contributed by atoms with Gasteiger partial charge in [-0.3, -0.25) is 14.6 Å². The first-order chi connectivity index (χ1) is 16.9. The number of fused-ring (bicyclic) bond motifs is 1. The summed E-state index contributed by atoms with van der Waals surface area (Å²) in [7, 11) is 1.45. The van der Waals surface area contributed by atoms with Crippen molar-refractivity contribution in [3.8, 4) is 5.75 Å². The quantitative estimate of drug-likeness (QED) is 0.362. The molecule has 4 aromatic rings. The maximum atomic E-state index is 13.6. The third-order valence-electron chi connectivity index (χ3n) is 5.77.